The summed E-state index contributed by atoms with van der Waals surface area (Å²) in [6, 6.07) is 11.8. The van der Waals surface area contributed by atoms with Gasteiger partial charge in [0.05, 0.1) is 0 Å². The molecule has 1 nitrogen and oxygen atoms in total. The number of likely N-dealkylation sites (tertiary alicyclic amines) is 1. The average Bonchev–Trinajstić information content (AvgIpc) is 2.86. The second-order valence-corrected chi connectivity index (χ2v) is 5.89. The van der Waals surface area contributed by atoms with Crippen LogP contribution in [0.2, 0.25) is 5.02 Å². The Morgan fingerprint density at radius 3 is 2.38 bits per heavy atom. The molecule has 4 heteroatoms. The van der Waals surface area contributed by atoms with Crippen LogP contribution >= 0.6 is 11.6 Å². The first-order chi connectivity index (χ1) is 10.1. The van der Waals surface area contributed by atoms with E-state index in [0.29, 0.717) is 12.1 Å². The topological polar surface area (TPSA) is 3.24 Å². The Morgan fingerprint density at radius 2 is 1.71 bits per heavy atom. The Kier molecular flexibility index (Phi) is 4.22. The van der Waals surface area contributed by atoms with Crippen LogP contribution in [-0.4, -0.2) is 11.4 Å². The third kappa shape index (κ3) is 3.42. The van der Waals surface area contributed by atoms with Crippen LogP contribution in [-0.2, 0) is 6.54 Å². The second-order valence-electron chi connectivity index (χ2n) is 5.46. The van der Waals surface area contributed by atoms with Gasteiger partial charge in [-0.3, -0.25) is 4.90 Å². The van der Waals surface area contributed by atoms with Gasteiger partial charge in [-0.15, -0.1) is 0 Å². The van der Waals surface area contributed by atoms with Crippen molar-refractivity contribution in [3.05, 3.63) is 70.2 Å². The Labute approximate surface area is 128 Å². The molecule has 0 unspecified atom stereocenters. The molecule has 0 bridgehead atoms. The first-order valence-corrected chi connectivity index (χ1v) is 7.44. The monoisotopic (exact) mass is 307 g/mol. The molecular weight excluding hydrogens is 292 g/mol. The van der Waals surface area contributed by atoms with E-state index in [9.17, 15) is 8.78 Å². The van der Waals surface area contributed by atoms with Crippen LogP contribution in [0.15, 0.2) is 42.5 Å². The molecule has 21 heavy (non-hydrogen) atoms. The van der Waals surface area contributed by atoms with Gasteiger partial charge in [-0.25, -0.2) is 8.78 Å². The average molecular weight is 308 g/mol. The van der Waals surface area contributed by atoms with Gasteiger partial charge in [0.25, 0.3) is 0 Å². The van der Waals surface area contributed by atoms with E-state index in [1.165, 1.54) is 17.7 Å². The van der Waals surface area contributed by atoms with Crippen molar-refractivity contribution in [1.29, 1.82) is 0 Å². The third-order valence-electron chi connectivity index (χ3n) is 3.93. The summed E-state index contributed by atoms with van der Waals surface area (Å²) in [7, 11) is 0. The quantitative estimate of drug-likeness (QED) is 0.775. The number of rotatable bonds is 3. The first kappa shape index (κ1) is 14.5. The van der Waals surface area contributed by atoms with E-state index in [1.54, 1.807) is 0 Å². The van der Waals surface area contributed by atoms with Gasteiger partial charge in [0.1, 0.15) is 11.6 Å². The molecule has 0 aromatic heterocycles. The summed E-state index contributed by atoms with van der Waals surface area (Å²) in [4.78, 5) is 2.26. The normalized spacial score (nSPS) is 19.1. The highest BCUT2D eigenvalue weighted by Gasteiger charge is 2.26. The van der Waals surface area contributed by atoms with Crippen LogP contribution in [0, 0.1) is 11.6 Å². The minimum Gasteiger partial charge on any atom is -0.292 e. The highest BCUT2D eigenvalue weighted by molar-refractivity contribution is 6.30. The van der Waals surface area contributed by atoms with E-state index in [-0.39, 0.29) is 6.04 Å². The Morgan fingerprint density at radius 1 is 1.05 bits per heavy atom. The van der Waals surface area contributed by atoms with Gasteiger partial charge in [-0.1, -0.05) is 23.7 Å². The highest BCUT2D eigenvalue weighted by Crippen LogP contribution is 2.33. The predicted molar refractivity (Wildman–Crippen MR) is 80.2 cm³/mol. The lowest BCUT2D eigenvalue weighted by atomic mass is 10.0. The molecule has 1 aliphatic rings. The summed E-state index contributed by atoms with van der Waals surface area (Å²) >= 11 is 5.92. The van der Waals surface area contributed by atoms with Crippen LogP contribution in [0.1, 0.15) is 30.0 Å². The van der Waals surface area contributed by atoms with Crippen molar-refractivity contribution >= 4 is 11.6 Å². The first-order valence-electron chi connectivity index (χ1n) is 7.06. The fraction of sp³-hybridized carbons (Fsp3) is 0.294. The molecule has 0 spiro atoms. The van der Waals surface area contributed by atoms with Crippen molar-refractivity contribution in [3.63, 3.8) is 0 Å². The van der Waals surface area contributed by atoms with Gasteiger partial charge in [-0.2, -0.15) is 0 Å². The van der Waals surface area contributed by atoms with Crippen LogP contribution < -0.4 is 0 Å². The van der Waals surface area contributed by atoms with Gasteiger partial charge in [0.15, 0.2) is 0 Å². The predicted octanol–water partition coefficient (Wildman–Crippen LogP) is 4.96. The minimum atomic E-state index is -0.521. The molecule has 2 aromatic rings. The molecule has 0 saturated carbocycles. The molecule has 0 aliphatic carbocycles. The van der Waals surface area contributed by atoms with Crippen molar-refractivity contribution in [2.45, 2.75) is 25.4 Å². The van der Waals surface area contributed by atoms with E-state index in [2.05, 4.69) is 4.90 Å². The van der Waals surface area contributed by atoms with Crippen LogP contribution in [0.25, 0.3) is 0 Å². The maximum atomic E-state index is 13.3. The van der Waals surface area contributed by atoms with E-state index in [0.717, 1.165) is 30.5 Å². The number of benzene rings is 2. The maximum absolute atomic E-state index is 13.3. The van der Waals surface area contributed by atoms with Crippen LogP contribution in [0.4, 0.5) is 8.78 Å². The molecular formula is C17H16ClF2N. The lowest BCUT2D eigenvalue weighted by Gasteiger charge is -2.25. The fourth-order valence-electron chi connectivity index (χ4n) is 3.01. The zero-order chi connectivity index (χ0) is 14.8. The summed E-state index contributed by atoms with van der Waals surface area (Å²) in [5.41, 5.74) is 1.88. The van der Waals surface area contributed by atoms with Gasteiger partial charge in [-0.05, 0) is 54.8 Å². The van der Waals surface area contributed by atoms with Crippen molar-refractivity contribution in [1.82, 2.24) is 4.90 Å². The lowest BCUT2D eigenvalue weighted by Crippen LogP contribution is -2.22. The fourth-order valence-corrected chi connectivity index (χ4v) is 3.14. The largest absolute Gasteiger partial charge is 0.292 e. The number of hydrogen-bond donors (Lipinski definition) is 0. The van der Waals surface area contributed by atoms with Crippen LogP contribution in [0.5, 0.6) is 0 Å². The molecule has 1 saturated heterocycles. The molecule has 2 aromatic carbocycles. The van der Waals surface area contributed by atoms with Gasteiger partial charge in [0, 0.05) is 23.7 Å². The zero-order valence-corrected chi connectivity index (χ0v) is 12.3. The molecule has 0 radical (unpaired) electrons. The molecule has 1 aliphatic heterocycles. The van der Waals surface area contributed by atoms with Crippen molar-refractivity contribution in [2.75, 3.05) is 6.54 Å². The summed E-state index contributed by atoms with van der Waals surface area (Å²) in [6.45, 7) is 1.49. The standard InChI is InChI=1S/C17H16ClF2N/c18-14-5-3-13(4-6-14)17-2-1-7-21(17)11-12-8-15(19)10-16(20)9-12/h3-6,8-10,17H,1-2,7,11H2/t17-/m0/s1. The van der Waals surface area contributed by atoms with Crippen molar-refractivity contribution in [3.8, 4) is 0 Å². The van der Waals surface area contributed by atoms with Crippen LogP contribution in [0.3, 0.4) is 0 Å². The van der Waals surface area contributed by atoms with E-state index in [1.807, 2.05) is 24.3 Å². The molecule has 0 N–H and O–H groups in total. The van der Waals surface area contributed by atoms with Gasteiger partial charge in [0.2, 0.25) is 0 Å². The lowest BCUT2D eigenvalue weighted by molar-refractivity contribution is 0.248. The Balaban J connectivity index is 1.79. The Hall–Kier alpha value is -1.45. The van der Waals surface area contributed by atoms with E-state index in [4.69, 9.17) is 11.6 Å². The van der Waals surface area contributed by atoms with Crippen molar-refractivity contribution < 1.29 is 8.78 Å². The highest BCUT2D eigenvalue weighted by atomic mass is 35.5. The van der Waals surface area contributed by atoms with Crippen molar-refractivity contribution in [2.24, 2.45) is 0 Å². The molecule has 1 atom stereocenters. The summed E-state index contributed by atoms with van der Waals surface area (Å²) in [6.07, 6.45) is 2.14. The minimum absolute atomic E-state index is 0.286. The Bertz CT molecular complexity index is 607. The SMILES string of the molecule is Fc1cc(F)cc(CN2CCC[C@H]2c2ccc(Cl)cc2)c1. The third-order valence-corrected chi connectivity index (χ3v) is 4.18. The second kappa shape index (κ2) is 6.12. The van der Waals surface area contributed by atoms with Gasteiger partial charge >= 0.3 is 0 Å². The zero-order valence-electron chi connectivity index (χ0n) is 11.5. The number of nitrogens with zero attached hydrogens (tertiary/aromatic N) is 1. The molecule has 1 fully saturated rings. The van der Waals surface area contributed by atoms with E-state index < -0.39 is 11.6 Å². The molecule has 110 valence electrons. The molecule has 1 heterocycles. The van der Waals surface area contributed by atoms with Gasteiger partial charge < -0.3 is 0 Å². The summed E-state index contributed by atoms with van der Waals surface area (Å²) in [5, 5.41) is 0.718. The van der Waals surface area contributed by atoms with E-state index >= 15 is 0 Å². The molecule has 0 amide bonds. The molecule has 3 rings (SSSR count). The summed E-state index contributed by atoms with van der Waals surface area (Å²) < 4.78 is 26.6. The summed E-state index contributed by atoms with van der Waals surface area (Å²) in [5.74, 6) is -1.04. The smallest absolute Gasteiger partial charge is 0.126 e. The number of halogens is 3. The number of hydrogen-bond acceptors (Lipinski definition) is 1. The maximum Gasteiger partial charge on any atom is 0.126 e.